The molecule has 3 rings (SSSR count). The van der Waals surface area contributed by atoms with Crippen LogP contribution in [0.4, 0.5) is 0 Å². The van der Waals surface area contributed by atoms with E-state index in [1.165, 1.54) is 0 Å². The maximum absolute atomic E-state index is 11.7. The van der Waals surface area contributed by atoms with Crippen molar-refractivity contribution in [3.8, 4) is 0 Å². The van der Waals surface area contributed by atoms with E-state index in [1.807, 2.05) is 12.2 Å². The zero-order chi connectivity index (χ0) is 9.38. The van der Waals surface area contributed by atoms with Crippen LogP contribution in [-0.2, 0) is 9.59 Å². The molecule has 4 atom stereocenters. The van der Waals surface area contributed by atoms with Crippen LogP contribution in [0.25, 0.3) is 0 Å². The monoisotopic (exact) mass is 174 g/mol. The lowest BCUT2D eigenvalue weighted by Crippen LogP contribution is -2.39. The van der Waals surface area contributed by atoms with Gasteiger partial charge in [0.2, 0.25) is 11.6 Å². The second-order valence-electron chi connectivity index (χ2n) is 4.41. The van der Waals surface area contributed by atoms with Crippen LogP contribution in [0, 0.1) is 23.2 Å². The molecule has 0 N–H and O–H groups in total. The van der Waals surface area contributed by atoms with Crippen molar-refractivity contribution in [2.45, 2.75) is 6.92 Å². The molecule has 0 aromatic carbocycles. The van der Waals surface area contributed by atoms with Crippen LogP contribution in [-0.4, -0.2) is 11.6 Å². The van der Waals surface area contributed by atoms with Crippen molar-refractivity contribution in [1.29, 1.82) is 0 Å². The van der Waals surface area contributed by atoms with Crippen LogP contribution < -0.4 is 0 Å². The Morgan fingerprint density at radius 2 is 2.08 bits per heavy atom. The maximum atomic E-state index is 11.7. The molecule has 3 aliphatic rings. The molecule has 0 heterocycles. The Bertz CT molecular complexity index is 391. The molecule has 2 bridgehead atoms. The van der Waals surface area contributed by atoms with Crippen LogP contribution in [0.1, 0.15) is 6.92 Å². The molecule has 2 fully saturated rings. The first-order chi connectivity index (χ1) is 6.07. The fraction of sp³-hybridized carbons (Fsp3) is 0.455. The lowest BCUT2D eigenvalue weighted by Gasteiger charge is -2.31. The highest BCUT2D eigenvalue weighted by Gasteiger charge is 2.67. The number of carbonyl (C=O) groups excluding carboxylic acids is 2. The van der Waals surface area contributed by atoms with Crippen molar-refractivity contribution in [3.05, 3.63) is 24.3 Å². The largest absolute Gasteiger partial charge is 0.290 e. The maximum Gasteiger partial charge on any atom is 0.212 e. The summed E-state index contributed by atoms with van der Waals surface area (Å²) in [6, 6.07) is 0. The van der Waals surface area contributed by atoms with Gasteiger partial charge in [-0.2, -0.15) is 0 Å². The van der Waals surface area contributed by atoms with Gasteiger partial charge in [0, 0.05) is 5.92 Å². The first kappa shape index (κ1) is 7.25. The molecule has 13 heavy (non-hydrogen) atoms. The zero-order valence-corrected chi connectivity index (χ0v) is 7.41. The predicted molar refractivity (Wildman–Crippen MR) is 46.9 cm³/mol. The highest BCUT2D eigenvalue weighted by Crippen LogP contribution is 2.63. The molecule has 0 aliphatic heterocycles. The van der Waals surface area contributed by atoms with Crippen molar-refractivity contribution >= 4 is 11.6 Å². The second-order valence-corrected chi connectivity index (χ2v) is 4.41. The van der Waals surface area contributed by atoms with Crippen molar-refractivity contribution in [1.82, 2.24) is 0 Å². The smallest absolute Gasteiger partial charge is 0.212 e. The van der Waals surface area contributed by atoms with E-state index in [0.29, 0.717) is 5.92 Å². The van der Waals surface area contributed by atoms with Crippen LogP contribution >= 0.6 is 0 Å². The number of allylic oxidation sites excluding steroid dienone is 3. The summed E-state index contributed by atoms with van der Waals surface area (Å²) >= 11 is 0. The average Bonchev–Trinajstić information content (AvgIpc) is 2.83. The summed E-state index contributed by atoms with van der Waals surface area (Å²) < 4.78 is 0. The molecule has 3 aliphatic carbocycles. The minimum absolute atomic E-state index is 0.0492. The molecule has 0 saturated heterocycles. The van der Waals surface area contributed by atoms with E-state index >= 15 is 0 Å². The van der Waals surface area contributed by atoms with Crippen LogP contribution in [0.2, 0.25) is 0 Å². The van der Waals surface area contributed by atoms with Gasteiger partial charge in [0.1, 0.15) is 0 Å². The highest BCUT2D eigenvalue weighted by molar-refractivity contribution is 6.43. The molecule has 2 heteroatoms. The van der Waals surface area contributed by atoms with Crippen molar-refractivity contribution in [3.63, 3.8) is 0 Å². The summed E-state index contributed by atoms with van der Waals surface area (Å²) in [5, 5.41) is 0. The van der Waals surface area contributed by atoms with Gasteiger partial charge in [0.05, 0.1) is 5.41 Å². The Balaban J connectivity index is 2.26. The standard InChI is InChI=1S/C11H10O2/c1-5-7-6-3-4-11(5,2)10(13)9(12)8(6)7/h3-4,6-8H,1H2,2H3. The molecule has 2 nitrogen and oxygen atoms in total. The number of Topliss-reactive ketones (excluding diaryl/α,β-unsaturated/α-hetero) is 2. The van der Waals surface area contributed by atoms with Gasteiger partial charge in [0.25, 0.3) is 0 Å². The summed E-state index contributed by atoms with van der Waals surface area (Å²) in [5.74, 6) is 0.0939. The van der Waals surface area contributed by atoms with E-state index in [4.69, 9.17) is 0 Å². The number of rotatable bonds is 0. The molecule has 0 radical (unpaired) electrons. The number of hydrogen-bond acceptors (Lipinski definition) is 2. The summed E-state index contributed by atoms with van der Waals surface area (Å²) in [4.78, 5) is 23.2. The second kappa shape index (κ2) is 1.69. The SMILES string of the molecule is C=C1C2C3C=CC1(C)C(=O)C(=O)C32. The van der Waals surface area contributed by atoms with E-state index in [9.17, 15) is 9.59 Å². The van der Waals surface area contributed by atoms with Gasteiger partial charge in [0.15, 0.2) is 0 Å². The van der Waals surface area contributed by atoms with E-state index in [1.54, 1.807) is 6.92 Å². The van der Waals surface area contributed by atoms with E-state index in [2.05, 4.69) is 6.58 Å². The fourth-order valence-electron chi connectivity index (χ4n) is 2.75. The number of ketones is 2. The minimum Gasteiger partial charge on any atom is -0.290 e. The molecule has 0 spiro atoms. The summed E-state index contributed by atoms with van der Waals surface area (Å²) in [5.41, 5.74) is 0.278. The van der Waals surface area contributed by atoms with Gasteiger partial charge in [-0.1, -0.05) is 24.3 Å². The molecule has 4 unspecified atom stereocenters. The first-order valence-electron chi connectivity index (χ1n) is 4.54. The van der Waals surface area contributed by atoms with Gasteiger partial charge in [-0.05, 0) is 18.8 Å². The molecule has 0 aromatic heterocycles. The Labute approximate surface area is 76.3 Å². The molecular weight excluding hydrogens is 164 g/mol. The van der Waals surface area contributed by atoms with Crippen molar-refractivity contribution in [2.24, 2.45) is 23.2 Å². The quantitative estimate of drug-likeness (QED) is 0.407. The highest BCUT2D eigenvalue weighted by atomic mass is 16.2. The fourth-order valence-corrected chi connectivity index (χ4v) is 2.75. The average molecular weight is 174 g/mol. The Morgan fingerprint density at radius 1 is 1.38 bits per heavy atom. The number of carbonyl (C=O) groups is 2. The van der Waals surface area contributed by atoms with Gasteiger partial charge in [-0.3, -0.25) is 9.59 Å². The van der Waals surface area contributed by atoms with Gasteiger partial charge in [-0.25, -0.2) is 0 Å². The molecule has 2 saturated carbocycles. The van der Waals surface area contributed by atoms with Gasteiger partial charge >= 0.3 is 0 Å². The minimum atomic E-state index is -0.675. The Kier molecular flexibility index (Phi) is 0.944. The first-order valence-corrected chi connectivity index (χ1v) is 4.54. The van der Waals surface area contributed by atoms with Crippen LogP contribution in [0.15, 0.2) is 24.3 Å². The molecule has 0 aromatic rings. The van der Waals surface area contributed by atoms with Crippen LogP contribution in [0.5, 0.6) is 0 Å². The predicted octanol–water partition coefficient (Wildman–Crippen LogP) is 1.13. The summed E-state index contributed by atoms with van der Waals surface area (Å²) in [6.07, 6.45) is 3.89. The third-order valence-electron chi connectivity index (χ3n) is 3.79. The van der Waals surface area contributed by atoms with E-state index in [-0.39, 0.29) is 23.4 Å². The van der Waals surface area contributed by atoms with Crippen molar-refractivity contribution in [2.75, 3.05) is 0 Å². The lowest BCUT2D eigenvalue weighted by molar-refractivity contribution is -0.141. The van der Waals surface area contributed by atoms with Gasteiger partial charge in [-0.15, -0.1) is 0 Å². The summed E-state index contributed by atoms with van der Waals surface area (Å²) in [6.45, 7) is 5.75. The van der Waals surface area contributed by atoms with Crippen molar-refractivity contribution < 1.29 is 9.59 Å². The third kappa shape index (κ3) is 0.559. The lowest BCUT2D eigenvalue weighted by atomic mass is 9.70. The molecular formula is C11H10O2. The van der Waals surface area contributed by atoms with E-state index in [0.717, 1.165) is 5.57 Å². The zero-order valence-electron chi connectivity index (χ0n) is 7.41. The van der Waals surface area contributed by atoms with E-state index < -0.39 is 5.41 Å². The topological polar surface area (TPSA) is 34.1 Å². The Morgan fingerprint density at radius 3 is 2.77 bits per heavy atom. The number of hydrogen-bond donors (Lipinski definition) is 0. The normalized spacial score (nSPS) is 51.2. The number of fused-ring (bicyclic) bond motifs is 2. The summed E-state index contributed by atoms with van der Waals surface area (Å²) in [7, 11) is 0. The Hall–Kier alpha value is -1.18. The third-order valence-corrected chi connectivity index (χ3v) is 3.79. The molecule has 0 amide bonds. The van der Waals surface area contributed by atoms with Crippen LogP contribution in [0.3, 0.4) is 0 Å². The molecule has 66 valence electrons. The van der Waals surface area contributed by atoms with Gasteiger partial charge < -0.3 is 0 Å².